The third-order valence-electron chi connectivity index (χ3n) is 3.74. The van der Waals surface area contributed by atoms with Crippen LogP contribution >= 0.6 is 11.8 Å². The van der Waals surface area contributed by atoms with Crippen LogP contribution in [0.2, 0.25) is 0 Å². The molecule has 1 aromatic heterocycles. The van der Waals surface area contributed by atoms with Crippen molar-refractivity contribution in [2.45, 2.75) is 17.8 Å². The Morgan fingerprint density at radius 3 is 2.65 bits per heavy atom. The van der Waals surface area contributed by atoms with Crippen LogP contribution in [0.1, 0.15) is 16.7 Å². The van der Waals surface area contributed by atoms with Gasteiger partial charge in [0.05, 0.1) is 20.4 Å². The van der Waals surface area contributed by atoms with Gasteiger partial charge in [-0.15, -0.1) is 10.2 Å². The summed E-state index contributed by atoms with van der Waals surface area (Å²) in [4.78, 5) is 0. The highest BCUT2D eigenvalue weighted by Gasteiger charge is 2.08. The number of ether oxygens (including phenoxy) is 2. The van der Waals surface area contributed by atoms with E-state index in [1.165, 1.54) is 11.1 Å². The molecule has 0 bridgehead atoms. The van der Waals surface area contributed by atoms with E-state index in [9.17, 15) is 0 Å². The summed E-state index contributed by atoms with van der Waals surface area (Å²) in [6, 6.07) is 14.1. The molecule has 3 aromatic rings. The Labute approximate surface area is 156 Å². The molecule has 3 rings (SSSR count). The molecule has 0 spiro atoms. The molecule has 0 aliphatic heterocycles. The number of aryl methyl sites for hydroxylation is 1. The first-order valence-corrected chi connectivity index (χ1v) is 9.03. The van der Waals surface area contributed by atoms with Gasteiger partial charge in [0, 0.05) is 11.3 Å². The van der Waals surface area contributed by atoms with Crippen LogP contribution in [0.4, 0.5) is 0 Å². The molecular weight excluding hydrogens is 348 g/mol. The zero-order valence-electron chi connectivity index (χ0n) is 14.9. The average Bonchev–Trinajstić information content (AvgIpc) is 3.12. The smallest absolute Gasteiger partial charge is 0.212 e. The van der Waals surface area contributed by atoms with E-state index in [1.54, 1.807) is 43.2 Å². The molecule has 1 heterocycles. The monoisotopic (exact) mass is 368 g/mol. The van der Waals surface area contributed by atoms with E-state index in [1.807, 2.05) is 18.2 Å². The number of aromatic nitrogens is 3. The van der Waals surface area contributed by atoms with Crippen molar-refractivity contribution in [3.63, 3.8) is 0 Å². The first kappa shape index (κ1) is 18.0. The minimum Gasteiger partial charge on any atom is -0.493 e. The Kier molecular flexibility index (Phi) is 5.91. The van der Waals surface area contributed by atoms with Crippen LogP contribution < -0.4 is 9.47 Å². The molecule has 2 aromatic carbocycles. The average molecular weight is 368 g/mol. The van der Waals surface area contributed by atoms with Crippen LogP contribution in [-0.4, -0.2) is 35.3 Å². The fraction of sp³-hybridized carbons (Fsp3) is 0.211. The van der Waals surface area contributed by atoms with Crippen molar-refractivity contribution in [2.24, 2.45) is 5.10 Å². The maximum Gasteiger partial charge on any atom is 0.212 e. The molecule has 0 amide bonds. The number of methoxy groups -OCH3 is 2. The van der Waals surface area contributed by atoms with Crippen molar-refractivity contribution in [2.75, 3.05) is 14.2 Å². The van der Waals surface area contributed by atoms with Gasteiger partial charge in [0.15, 0.2) is 11.5 Å². The molecule has 0 aliphatic carbocycles. The number of nitrogens with zero attached hydrogens (tertiary/aromatic N) is 4. The van der Waals surface area contributed by atoms with Gasteiger partial charge in [0.25, 0.3) is 0 Å². The topological polar surface area (TPSA) is 61.5 Å². The van der Waals surface area contributed by atoms with Crippen molar-refractivity contribution in [1.82, 2.24) is 14.9 Å². The van der Waals surface area contributed by atoms with E-state index in [0.29, 0.717) is 11.5 Å². The van der Waals surface area contributed by atoms with E-state index >= 15 is 0 Å². The number of benzene rings is 2. The van der Waals surface area contributed by atoms with Gasteiger partial charge in [-0.25, -0.2) is 0 Å². The lowest BCUT2D eigenvalue weighted by Crippen LogP contribution is -1.97. The summed E-state index contributed by atoms with van der Waals surface area (Å²) in [7, 11) is 3.22. The van der Waals surface area contributed by atoms with Gasteiger partial charge in [0.2, 0.25) is 5.16 Å². The van der Waals surface area contributed by atoms with Crippen LogP contribution in [-0.2, 0) is 5.75 Å². The number of hydrogen-bond acceptors (Lipinski definition) is 6. The zero-order valence-corrected chi connectivity index (χ0v) is 15.7. The summed E-state index contributed by atoms with van der Waals surface area (Å²) in [5, 5.41) is 13.3. The van der Waals surface area contributed by atoms with E-state index < -0.39 is 0 Å². The van der Waals surface area contributed by atoms with Gasteiger partial charge < -0.3 is 9.47 Å². The van der Waals surface area contributed by atoms with Crippen LogP contribution in [0.15, 0.2) is 59.0 Å². The third-order valence-corrected chi connectivity index (χ3v) is 4.75. The Balaban J connectivity index is 1.74. The van der Waals surface area contributed by atoms with Crippen molar-refractivity contribution >= 4 is 18.0 Å². The molecular formula is C19H20N4O2S. The second kappa shape index (κ2) is 8.53. The minimum atomic E-state index is 0.640. The molecule has 134 valence electrons. The van der Waals surface area contributed by atoms with E-state index in [-0.39, 0.29) is 0 Å². The summed E-state index contributed by atoms with van der Waals surface area (Å²) in [6.45, 7) is 2.08. The lowest BCUT2D eigenvalue weighted by Gasteiger charge is -2.09. The van der Waals surface area contributed by atoms with Gasteiger partial charge >= 0.3 is 0 Å². The summed E-state index contributed by atoms with van der Waals surface area (Å²) in [5.74, 6) is 2.10. The molecule has 0 N–H and O–H groups in total. The van der Waals surface area contributed by atoms with E-state index in [4.69, 9.17) is 9.47 Å². The molecule has 0 saturated carbocycles. The predicted octanol–water partition coefficient (Wildman–Crippen LogP) is 3.78. The molecule has 0 radical (unpaired) electrons. The molecule has 0 unspecified atom stereocenters. The molecule has 6 nitrogen and oxygen atoms in total. The fourth-order valence-electron chi connectivity index (χ4n) is 2.36. The Morgan fingerprint density at radius 1 is 1.12 bits per heavy atom. The zero-order chi connectivity index (χ0) is 18.4. The molecule has 0 fully saturated rings. The molecule has 0 aliphatic rings. The highest BCUT2D eigenvalue weighted by Crippen LogP contribution is 2.29. The summed E-state index contributed by atoms with van der Waals surface area (Å²) < 4.78 is 12.4. The Morgan fingerprint density at radius 2 is 1.92 bits per heavy atom. The summed E-state index contributed by atoms with van der Waals surface area (Å²) in [6.07, 6.45) is 3.29. The van der Waals surface area contributed by atoms with Crippen LogP contribution in [0.3, 0.4) is 0 Å². The molecule has 0 atom stereocenters. The minimum absolute atomic E-state index is 0.640. The predicted molar refractivity (Wildman–Crippen MR) is 103 cm³/mol. The Bertz CT molecular complexity index is 891. The quantitative estimate of drug-likeness (QED) is 0.469. The van der Waals surface area contributed by atoms with Gasteiger partial charge in [-0.3, -0.25) is 0 Å². The number of hydrogen-bond donors (Lipinski definition) is 0. The third kappa shape index (κ3) is 4.23. The lowest BCUT2D eigenvalue weighted by atomic mass is 10.2. The van der Waals surface area contributed by atoms with Gasteiger partial charge in [-0.05, 0) is 24.6 Å². The largest absolute Gasteiger partial charge is 0.493 e. The number of para-hydroxylation sites is 1. The SMILES string of the molecule is COc1cccc(/C=N\n2cnnc2SCc2ccc(C)cc2)c1OC. The van der Waals surface area contributed by atoms with Crippen LogP contribution in [0, 0.1) is 6.92 Å². The lowest BCUT2D eigenvalue weighted by molar-refractivity contribution is 0.354. The van der Waals surface area contributed by atoms with Gasteiger partial charge in [0.1, 0.15) is 6.33 Å². The van der Waals surface area contributed by atoms with E-state index in [0.717, 1.165) is 16.5 Å². The van der Waals surface area contributed by atoms with Crippen LogP contribution in [0.5, 0.6) is 11.5 Å². The first-order chi connectivity index (χ1) is 12.7. The highest BCUT2D eigenvalue weighted by atomic mass is 32.2. The van der Waals surface area contributed by atoms with Crippen molar-refractivity contribution < 1.29 is 9.47 Å². The summed E-state index contributed by atoms with van der Waals surface area (Å²) in [5.41, 5.74) is 3.29. The standard InChI is InChI=1S/C19H20N4O2S/c1-14-7-9-15(10-8-14)12-26-19-22-20-13-23(19)21-11-16-5-4-6-17(24-2)18(16)25-3/h4-11,13H,12H2,1-3H3/b21-11-. The van der Waals surface area contributed by atoms with Gasteiger partial charge in [-0.1, -0.05) is 47.7 Å². The summed E-state index contributed by atoms with van der Waals surface area (Å²) >= 11 is 1.59. The van der Waals surface area contributed by atoms with Gasteiger partial charge in [-0.2, -0.15) is 9.78 Å². The highest BCUT2D eigenvalue weighted by molar-refractivity contribution is 7.98. The number of rotatable bonds is 7. The molecule has 26 heavy (non-hydrogen) atoms. The van der Waals surface area contributed by atoms with E-state index in [2.05, 4.69) is 46.5 Å². The second-order valence-electron chi connectivity index (χ2n) is 5.56. The fourth-order valence-corrected chi connectivity index (χ4v) is 3.18. The normalized spacial score (nSPS) is 11.0. The van der Waals surface area contributed by atoms with Crippen molar-refractivity contribution in [1.29, 1.82) is 0 Å². The first-order valence-electron chi connectivity index (χ1n) is 8.05. The maximum absolute atomic E-state index is 5.42. The second-order valence-corrected chi connectivity index (χ2v) is 6.50. The molecule has 0 saturated heterocycles. The number of thioether (sulfide) groups is 1. The molecule has 7 heteroatoms. The van der Waals surface area contributed by atoms with Crippen molar-refractivity contribution in [3.05, 3.63) is 65.5 Å². The Hall–Kier alpha value is -2.80. The van der Waals surface area contributed by atoms with Crippen molar-refractivity contribution in [3.8, 4) is 11.5 Å². The maximum atomic E-state index is 5.42. The van der Waals surface area contributed by atoms with Crippen LogP contribution in [0.25, 0.3) is 0 Å².